The highest BCUT2D eigenvalue weighted by molar-refractivity contribution is 7.61. The van der Waals surface area contributed by atoms with E-state index in [4.69, 9.17) is 5.73 Å². The van der Waals surface area contributed by atoms with Crippen LogP contribution in [-0.4, -0.2) is 61.2 Å². The molecule has 1 aliphatic heterocycles. The molecule has 0 aliphatic carbocycles. The zero-order valence-electron chi connectivity index (χ0n) is 17.9. The lowest BCUT2D eigenvalue weighted by atomic mass is 9.98. The van der Waals surface area contributed by atoms with Gasteiger partial charge in [0.05, 0.1) is 11.9 Å². The van der Waals surface area contributed by atoms with Crippen LogP contribution in [0, 0.1) is 0 Å². The van der Waals surface area contributed by atoms with E-state index in [9.17, 15) is 19.4 Å². The van der Waals surface area contributed by atoms with Gasteiger partial charge in [-0.15, -0.1) is 0 Å². The van der Waals surface area contributed by atoms with Gasteiger partial charge in [-0.2, -0.15) is 0 Å². The second-order valence-corrected chi connectivity index (χ2v) is 11.2. The first kappa shape index (κ1) is 22.7. The molecule has 4 rings (SSSR count). The SMILES string of the molecule is NCCCCC1(C(=O)O)CN(Cc2ccccc2-c2cnc3ccccn23)CCP1(=O)O. The molecule has 1 aliphatic rings. The highest BCUT2D eigenvalue weighted by atomic mass is 31.2. The first-order chi connectivity index (χ1) is 15.4. The Morgan fingerprint density at radius 3 is 2.75 bits per heavy atom. The molecule has 4 N–H and O–H groups in total. The van der Waals surface area contributed by atoms with Crippen molar-refractivity contribution in [3.05, 3.63) is 60.4 Å². The van der Waals surface area contributed by atoms with Crippen LogP contribution in [0.4, 0.5) is 0 Å². The number of carboxylic acid groups (broad SMARTS) is 1. The summed E-state index contributed by atoms with van der Waals surface area (Å²) in [7, 11) is -3.85. The standard InChI is InChI=1S/C23H29N4O4P/c24-11-5-4-10-23(22(28)29)17-26(13-14-32(23,30)31)16-18-7-1-2-8-19(18)20-15-25-21-9-3-6-12-27(20)21/h1-3,6-9,12,15H,4-5,10-11,13-14,16-17,24H2,(H,28,29)(H,30,31). The summed E-state index contributed by atoms with van der Waals surface area (Å²) in [5.41, 5.74) is 9.40. The van der Waals surface area contributed by atoms with Crippen LogP contribution in [0.25, 0.3) is 16.9 Å². The summed E-state index contributed by atoms with van der Waals surface area (Å²) >= 11 is 0. The molecule has 9 heteroatoms. The zero-order valence-corrected chi connectivity index (χ0v) is 18.8. The highest BCUT2D eigenvalue weighted by Crippen LogP contribution is 2.59. The maximum atomic E-state index is 13.0. The van der Waals surface area contributed by atoms with E-state index in [1.165, 1.54) is 0 Å². The Morgan fingerprint density at radius 1 is 1.19 bits per heavy atom. The van der Waals surface area contributed by atoms with Crippen molar-refractivity contribution >= 4 is 19.0 Å². The number of carbonyl (C=O) groups is 1. The number of rotatable bonds is 8. The summed E-state index contributed by atoms with van der Waals surface area (Å²) in [5.74, 6) is -1.19. The first-order valence-electron chi connectivity index (χ1n) is 10.9. The fourth-order valence-corrected chi connectivity index (χ4v) is 6.82. The maximum Gasteiger partial charge on any atom is 0.320 e. The number of hydrogen-bond donors (Lipinski definition) is 3. The smallest absolute Gasteiger partial charge is 0.320 e. The first-order valence-corrected chi connectivity index (χ1v) is 12.7. The number of nitrogens with two attached hydrogens (primary N) is 1. The van der Waals surface area contributed by atoms with Crippen molar-refractivity contribution in [2.24, 2.45) is 5.73 Å². The Balaban J connectivity index is 1.64. The molecular weight excluding hydrogens is 427 g/mol. The Kier molecular flexibility index (Phi) is 6.49. The van der Waals surface area contributed by atoms with Crippen molar-refractivity contribution in [3.63, 3.8) is 0 Å². The number of carboxylic acids is 1. The zero-order chi connectivity index (χ0) is 22.8. The molecule has 0 saturated carbocycles. The molecule has 32 heavy (non-hydrogen) atoms. The topological polar surface area (TPSA) is 121 Å². The molecule has 8 nitrogen and oxygen atoms in total. The lowest BCUT2D eigenvalue weighted by Crippen LogP contribution is -2.53. The number of aromatic nitrogens is 2. The lowest BCUT2D eigenvalue weighted by molar-refractivity contribution is -0.141. The third-order valence-electron chi connectivity index (χ3n) is 6.42. The van der Waals surface area contributed by atoms with E-state index in [0.717, 1.165) is 22.5 Å². The minimum absolute atomic E-state index is 0.0281. The van der Waals surface area contributed by atoms with Crippen molar-refractivity contribution < 1.29 is 19.4 Å². The van der Waals surface area contributed by atoms with Gasteiger partial charge in [-0.25, -0.2) is 4.98 Å². The van der Waals surface area contributed by atoms with Crippen LogP contribution in [0.5, 0.6) is 0 Å². The van der Waals surface area contributed by atoms with Gasteiger partial charge in [0.25, 0.3) is 0 Å². The van der Waals surface area contributed by atoms with Crippen LogP contribution >= 0.6 is 7.37 Å². The minimum atomic E-state index is -3.85. The summed E-state index contributed by atoms with van der Waals surface area (Å²) in [6.45, 7) is 1.34. The van der Waals surface area contributed by atoms with Gasteiger partial charge in [-0.3, -0.25) is 18.7 Å². The van der Waals surface area contributed by atoms with Crippen LogP contribution in [0.3, 0.4) is 0 Å². The number of hydrogen-bond acceptors (Lipinski definition) is 5. The molecule has 170 valence electrons. The van der Waals surface area contributed by atoms with E-state index in [-0.39, 0.29) is 19.1 Å². The van der Waals surface area contributed by atoms with E-state index in [0.29, 0.717) is 32.5 Å². The predicted octanol–water partition coefficient (Wildman–Crippen LogP) is 3.04. The van der Waals surface area contributed by atoms with E-state index < -0.39 is 18.5 Å². The van der Waals surface area contributed by atoms with Crippen LogP contribution in [0.15, 0.2) is 54.9 Å². The number of imidazole rings is 1. The lowest BCUT2D eigenvalue weighted by Gasteiger charge is -2.43. The van der Waals surface area contributed by atoms with Crippen LogP contribution in [0.1, 0.15) is 24.8 Å². The van der Waals surface area contributed by atoms with Gasteiger partial charge in [0.1, 0.15) is 5.65 Å². The minimum Gasteiger partial charge on any atom is -0.480 e. The molecule has 1 fully saturated rings. The van der Waals surface area contributed by atoms with Gasteiger partial charge < -0.3 is 15.7 Å². The van der Waals surface area contributed by atoms with Gasteiger partial charge in [0.2, 0.25) is 7.37 Å². The molecule has 0 bridgehead atoms. The highest BCUT2D eigenvalue weighted by Gasteiger charge is 2.56. The second kappa shape index (κ2) is 9.16. The van der Waals surface area contributed by atoms with E-state index in [2.05, 4.69) is 4.98 Å². The average Bonchev–Trinajstić information content (AvgIpc) is 3.20. The summed E-state index contributed by atoms with van der Waals surface area (Å²) in [6, 6.07) is 13.8. The van der Waals surface area contributed by atoms with Crippen LogP contribution in [-0.2, 0) is 15.9 Å². The normalized spacial score (nSPS) is 24.1. The Bertz CT molecular complexity index is 1160. The molecule has 0 spiro atoms. The molecule has 0 amide bonds. The van der Waals surface area contributed by atoms with Gasteiger partial charge in [0, 0.05) is 37.6 Å². The second-order valence-electron chi connectivity index (χ2n) is 8.45. The summed E-state index contributed by atoms with van der Waals surface area (Å²) in [4.78, 5) is 29.4. The summed E-state index contributed by atoms with van der Waals surface area (Å²) < 4.78 is 15.0. The molecule has 2 unspecified atom stereocenters. The van der Waals surface area contributed by atoms with Crippen LogP contribution < -0.4 is 5.73 Å². The van der Waals surface area contributed by atoms with E-state index >= 15 is 0 Å². The molecule has 1 saturated heterocycles. The van der Waals surface area contributed by atoms with Crippen LogP contribution in [0.2, 0.25) is 0 Å². The van der Waals surface area contributed by atoms with E-state index in [1.54, 1.807) is 0 Å². The fraction of sp³-hybridized carbons (Fsp3) is 0.391. The predicted molar refractivity (Wildman–Crippen MR) is 124 cm³/mol. The number of nitrogens with zero attached hydrogens (tertiary/aromatic N) is 3. The van der Waals surface area contributed by atoms with Crippen molar-refractivity contribution in [1.82, 2.24) is 14.3 Å². The number of unbranched alkanes of at least 4 members (excludes halogenated alkanes) is 1. The number of benzene rings is 1. The molecule has 1 aromatic carbocycles. The van der Waals surface area contributed by atoms with Crippen molar-refractivity contribution in [2.75, 3.05) is 25.8 Å². The van der Waals surface area contributed by atoms with Crippen molar-refractivity contribution in [3.8, 4) is 11.3 Å². The summed E-state index contributed by atoms with van der Waals surface area (Å²) in [6.07, 6.45) is 5.06. The average molecular weight is 456 g/mol. The Morgan fingerprint density at radius 2 is 1.97 bits per heavy atom. The monoisotopic (exact) mass is 456 g/mol. The molecule has 2 atom stereocenters. The number of aliphatic carboxylic acids is 1. The molecule has 3 heterocycles. The Hall–Kier alpha value is -2.51. The van der Waals surface area contributed by atoms with Gasteiger partial charge in [0.15, 0.2) is 5.16 Å². The third kappa shape index (κ3) is 4.11. The molecule has 3 aromatic rings. The van der Waals surface area contributed by atoms with Crippen molar-refractivity contribution in [1.29, 1.82) is 0 Å². The van der Waals surface area contributed by atoms with Gasteiger partial charge in [-0.1, -0.05) is 36.8 Å². The third-order valence-corrected chi connectivity index (χ3v) is 9.12. The van der Waals surface area contributed by atoms with Gasteiger partial charge >= 0.3 is 5.97 Å². The summed E-state index contributed by atoms with van der Waals surface area (Å²) in [5, 5.41) is 8.37. The quantitative estimate of drug-likeness (QED) is 0.352. The Labute approximate surface area is 187 Å². The largest absolute Gasteiger partial charge is 0.480 e. The number of fused-ring (bicyclic) bond motifs is 1. The number of pyridine rings is 1. The molecule has 2 aromatic heterocycles. The van der Waals surface area contributed by atoms with E-state index in [1.807, 2.05) is 64.2 Å². The van der Waals surface area contributed by atoms with Crippen molar-refractivity contribution in [2.45, 2.75) is 31.0 Å². The fourth-order valence-electron chi connectivity index (χ4n) is 4.61. The molecule has 0 radical (unpaired) electrons. The van der Waals surface area contributed by atoms with Gasteiger partial charge in [-0.05, 0) is 37.1 Å². The molecular formula is C23H29N4O4P. The maximum absolute atomic E-state index is 13.0.